The van der Waals surface area contributed by atoms with E-state index in [1.165, 1.54) is 32.1 Å². The van der Waals surface area contributed by atoms with Gasteiger partial charge in [-0.2, -0.15) is 0 Å². The highest BCUT2D eigenvalue weighted by atomic mass is 16.2. The Bertz CT molecular complexity index is 106. The second-order valence-corrected chi connectivity index (χ2v) is 4.14. The number of aliphatic hydroxyl groups is 1. The zero-order valence-electron chi connectivity index (χ0n) is 9.89. The first-order valence-corrected chi connectivity index (χ1v) is 6.15. The fourth-order valence-corrected chi connectivity index (χ4v) is 1.56. The number of aliphatic hydroxyl groups excluding tert-OH is 1. The Labute approximate surface area is 89.1 Å². The van der Waals surface area contributed by atoms with Gasteiger partial charge in [-0.3, -0.25) is 0 Å². The van der Waals surface area contributed by atoms with Crippen LogP contribution >= 0.6 is 0 Å². The van der Waals surface area contributed by atoms with E-state index in [1.807, 2.05) is 0 Å². The molecule has 0 aromatic carbocycles. The summed E-state index contributed by atoms with van der Waals surface area (Å²) in [6.07, 6.45) is 8.60. The maximum absolute atomic E-state index is 8.60. The first kappa shape index (κ1) is 13.9. The summed E-state index contributed by atoms with van der Waals surface area (Å²) < 4.78 is 0. The summed E-state index contributed by atoms with van der Waals surface area (Å²) in [5, 5.41) is 12.1. The molecule has 0 heterocycles. The molecule has 0 fully saturated rings. The van der Waals surface area contributed by atoms with Gasteiger partial charge in [0, 0.05) is 12.6 Å². The lowest BCUT2D eigenvalue weighted by molar-refractivity contribution is 0.282. The molecule has 0 aliphatic rings. The minimum absolute atomic E-state index is 0.339. The molecule has 2 nitrogen and oxygen atoms in total. The van der Waals surface area contributed by atoms with Crippen molar-refractivity contribution in [3.05, 3.63) is 0 Å². The predicted octanol–water partition coefficient (Wildman–Crippen LogP) is 2.71. The molecule has 0 bridgehead atoms. The van der Waals surface area contributed by atoms with Crippen LogP contribution in [-0.4, -0.2) is 24.3 Å². The van der Waals surface area contributed by atoms with Crippen molar-refractivity contribution in [2.24, 2.45) is 0 Å². The average Bonchev–Trinajstić information content (AvgIpc) is 2.18. The van der Waals surface area contributed by atoms with Crippen LogP contribution < -0.4 is 5.32 Å². The molecule has 0 aromatic heterocycles. The number of hydrogen-bond acceptors (Lipinski definition) is 2. The van der Waals surface area contributed by atoms with Gasteiger partial charge in [-0.05, 0) is 39.2 Å². The number of unbranched alkanes of at least 4 members (excludes halogenated alkanes) is 4. The molecule has 0 rings (SSSR count). The van der Waals surface area contributed by atoms with Crippen LogP contribution in [0.5, 0.6) is 0 Å². The Balaban J connectivity index is 3.06. The van der Waals surface area contributed by atoms with Gasteiger partial charge in [-0.15, -0.1) is 0 Å². The summed E-state index contributed by atoms with van der Waals surface area (Å²) in [6, 6.07) is 0.663. The Morgan fingerprint density at radius 2 is 1.86 bits per heavy atom. The molecule has 2 heteroatoms. The molecular weight excluding hydrogens is 174 g/mol. The van der Waals surface area contributed by atoms with E-state index in [4.69, 9.17) is 5.11 Å². The van der Waals surface area contributed by atoms with Crippen LogP contribution in [0.1, 0.15) is 58.8 Å². The van der Waals surface area contributed by atoms with Crippen molar-refractivity contribution < 1.29 is 5.11 Å². The van der Waals surface area contributed by atoms with Gasteiger partial charge in [-0.1, -0.05) is 26.2 Å². The van der Waals surface area contributed by atoms with E-state index in [1.54, 1.807) is 0 Å². The first-order valence-electron chi connectivity index (χ1n) is 6.15. The monoisotopic (exact) mass is 201 g/mol. The van der Waals surface area contributed by atoms with Gasteiger partial charge in [0.15, 0.2) is 0 Å². The van der Waals surface area contributed by atoms with Gasteiger partial charge in [0.25, 0.3) is 0 Å². The maximum Gasteiger partial charge on any atom is 0.0431 e. The smallest absolute Gasteiger partial charge is 0.0431 e. The van der Waals surface area contributed by atoms with Crippen LogP contribution in [0, 0.1) is 0 Å². The van der Waals surface area contributed by atoms with Crippen LogP contribution in [0.2, 0.25) is 0 Å². The lowest BCUT2D eigenvalue weighted by Crippen LogP contribution is -2.26. The van der Waals surface area contributed by atoms with E-state index in [-0.39, 0.29) is 0 Å². The highest BCUT2D eigenvalue weighted by Gasteiger charge is 1.99. The van der Waals surface area contributed by atoms with Gasteiger partial charge in [0.05, 0.1) is 0 Å². The second-order valence-electron chi connectivity index (χ2n) is 4.14. The molecule has 1 atom stereocenters. The van der Waals surface area contributed by atoms with Crippen LogP contribution in [-0.2, 0) is 0 Å². The van der Waals surface area contributed by atoms with E-state index in [2.05, 4.69) is 19.2 Å². The highest BCUT2D eigenvalue weighted by molar-refractivity contribution is 4.60. The first-order chi connectivity index (χ1) is 6.81. The molecular formula is C12H27NO. The van der Waals surface area contributed by atoms with E-state index in [0.717, 1.165) is 19.4 Å². The van der Waals surface area contributed by atoms with Gasteiger partial charge >= 0.3 is 0 Å². The summed E-state index contributed by atoms with van der Waals surface area (Å²) >= 11 is 0. The van der Waals surface area contributed by atoms with Gasteiger partial charge in [-0.25, -0.2) is 0 Å². The highest BCUT2D eigenvalue weighted by Crippen LogP contribution is 2.03. The molecule has 86 valence electrons. The lowest BCUT2D eigenvalue weighted by atomic mass is 10.1. The van der Waals surface area contributed by atoms with Crippen molar-refractivity contribution in [3.8, 4) is 0 Å². The van der Waals surface area contributed by atoms with E-state index in [9.17, 15) is 0 Å². The third-order valence-corrected chi connectivity index (χ3v) is 2.57. The summed E-state index contributed by atoms with van der Waals surface area (Å²) in [7, 11) is 0. The van der Waals surface area contributed by atoms with Gasteiger partial charge < -0.3 is 10.4 Å². The Morgan fingerprint density at radius 1 is 1.07 bits per heavy atom. The molecule has 0 aliphatic heterocycles. The van der Waals surface area contributed by atoms with Crippen molar-refractivity contribution in [2.75, 3.05) is 13.2 Å². The largest absolute Gasteiger partial charge is 0.396 e. The molecule has 0 saturated carbocycles. The van der Waals surface area contributed by atoms with Crippen molar-refractivity contribution in [2.45, 2.75) is 64.8 Å². The summed E-state index contributed by atoms with van der Waals surface area (Å²) in [5.41, 5.74) is 0. The summed E-state index contributed by atoms with van der Waals surface area (Å²) in [5.74, 6) is 0. The molecule has 0 radical (unpaired) electrons. The molecule has 14 heavy (non-hydrogen) atoms. The Hall–Kier alpha value is -0.0800. The zero-order chi connectivity index (χ0) is 10.6. The molecule has 0 aromatic rings. The van der Waals surface area contributed by atoms with Crippen LogP contribution in [0.4, 0.5) is 0 Å². The quantitative estimate of drug-likeness (QED) is 0.533. The SMILES string of the molecule is CCCCCC(C)NCCCCCO. The van der Waals surface area contributed by atoms with E-state index < -0.39 is 0 Å². The molecule has 1 unspecified atom stereocenters. The van der Waals surface area contributed by atoms with E-state index in [0.29, 0.717) is 12.6 Å². The average molecular weight is 201 g/mol. The molecule has 0 saturated heterocycles. The third-order valence-electron chi connectivity index (χ3n) is 2.57. The number of hydrogen-bond donors (Lipinski definition) is 2. The number of nitrogens with one attached hydrogen (secondary N) is 1. The van der Waals surface area contributed by atoms with Crippen molar-refractivity contribution in [1.82, 2.24) is 5.32 Å². The minimum atomic E-state index is 0.339. The van der Waals surface area contributed by atoms with Crippen LogP contribution in [0.15, 0.2) is 0 Å². The minimum Gasteiger partial charge on any atom is -0.396 e. The standard InChI is InChI=1S/C12H27NO/c1-3-4-6-9-12(2)13-10-7-5-8-11-14/h12-14H,3-11H2,1-2H3. The van der Waals surface area contributed by atoms with Crippen molar-refractivity contribution in [1.29, 1.82) is 0 Å². The summed E-state index contributed by atoms with van der Waals surface area (Å²) in [4.78, 5) is 0. The second kappa shape index (κ2) is 11.0. The van der Waals surface area contributed by atoms with E-state index >= 15 is 0 Å². The summed E-state index contributed by atoms with van der Waals surface area (Å²) in [6.45, 7) is 5.95. The molecule has 0 amide bonds. The lowest BCUT2D eigenvalue weighted by Gasteiger charge is -2.12. The fourth-order valence-electron chi connectivity index (χ4n) is 1.56. The zero-order valence-corrected chi connectivity index (χ0v) is 9.89. The molecule has 2 N–H and O–H groups in total. The van der Waals surface area contributed by atoms with Crippen molar-refractivity contribution >= 4 is 0 Å². The van der Waals surface area contributed by atoms with Gasteiger partial charge in [0.1, 0.15) is 0 Å². The Kier molecular flexibility index (Phi) is 10.9. The Morgan fingerprint density at radius 3 is 2.50 bits per heavy atom. The molecule has 0 aliphatic carbocycles. The van der Waals surface area contributed by atoms with Crippen LogP contribution in [0.25, 0.3) is 0 Å². The normalized spacial score (nSPS) is 13.1. The van der Waals surface area contributed by atoms with Gasteiger partial charge in [0.2, 0.25) is 0 Å². The predicted molar refractivity (Wildman–Crippen MR) is 62.5 cm³/mol. The molecule has 0 spiro atoms. The third kappa shape index (κ3) is 10.0. The van der Waals surface area contributed by atoms with Crippen molar-refractivity contribution in [3.63, 3.8) is 0 Å². The number of rotatable bonds is 10. The fraction of sp³-hybridized carbons (Fsp3) is 1.00. The van der Waals surface area contributed by atoms with Crippen LogP contribution in [0.3, 0.4) is 0 Å². The topological polar surface area (TPSA) is 32.3 Å². The maximum atomic E-state index is 8.60.